The first kappa shape index (κ1) is 23.4. The van der Waals surface area contributed by atoms with Gasteiger partial charge in [-0.1, -0.05) is 17.7 Å². The van der Waals surface area contributed by atoms with Crippen LogP contribution < -0.4 is 16.0 Å². The Kier molecular flexibility index (Phi) is 9.77. The van der Waals surface area contributed by atoms with Gasteiger partial charge in [-0.15, -0.1) is 12.4 Å². The molecule has 3 N–H and O–H groups in total. The molecule has 1 aromatic rings. The van der Waals surface area contributed by atoms with Gasteiger partial charge in [-0.2, -0.15) is 0 Å². The minimum atomic E-state index is -0.474. The number of carbonyl (C=O) groups excluding carboxylic acids is 2. The van der Waals surface area contributed by atoms with E-state index in [0.717, 1.165) is 55.2 Å². The monoisotopic (exact) mass is 396 g/mol. The molecule has 1 aliphatic rings. The highest BCUT2D eigenvalue weighted by molar-refractivity contribution is 6.03. The summed E-state index contributed by atoms with van der Waals surface area (Å²) >= 11 is 0. The van der Waals surface area contributed by atoms with Gasteiger partial charge >= 0.3 is 6.03 Å². The van der Waals surface area contributed by atoms with Crippen molar-refractivity contribution in [3.05, 3.63) is 29.3 Å². The van der Waals surface area contributed by atoms with Gasteiger partial charge < -0.3 is 10.6 Å². The van der Waals surface area contributed by atoms with Crippen molar-refractivity contribution in [1.29, 1.82) is 0 Å². The van der Waals surface area contributed by atoms with Crippen molar-refractivity contribution in [1.82, 2.24) is 15.5 Å². The molecule has 1 fully saturated rings. The molecule has 0 bridgehead atoms. The van der Waals surface area contributed by atoms with Gasteiger partial charge in [-0.05, 0) is 84.3 Å². The Morgan fingerprint density at radius 3 is 2.48 bits per heavy atom. The van der Waals surface area contributed by atoms with Gasteiger partial charge in [0.15, 0.2) is 0 Å². The van der Waals surface area contributed by atoms with Crippen LogP contribution in [0.25, 0.3) is 0 Å². The number of urea groups is 1. The summed E-state index contributed by atoms with van der Waals surface area (Å²) in [7, 11) is 1.98. The lowest BCUT2D eigenvalue weighted by Gasteiger charge is -2.35. The first-order chi connectivity index (χ1) is 12.4. The number of aryl methyl sites for hydroxylation is 2. The molecular formula is C20H33ClN4O2. The number of imide groups is 1. The SMILES string of the molecule is CNCCC1CCN(C(C)C(=O)NC(=O)Nc2ccc(C)cc2C)CC1.Cl. The maximum absolute atomic E-state index is 12.4. The van der Waals surface area contributed by atoms with Crippen LogP contribution in [-0.4, -0.2) is 49.6 Å². The standard InChI is InChI=1S/C20H32N4O2.ClH/c1-14-5-6-18(15(2)13-14)22-20(26)23-19(25)16(3)24-11-8-17(9-12-24)7-10-21-4;/h5-6,13,16-17,21H,7-12H2,1-4H3,(H2,22,23,25,26);1H. The normalized spacial score (nSPS) is 16.3. The van der Waals surface area contributed by atoms with Crippen LogP contribution in [0.2, 0.25) is 0 Å². The zero-order chi connectivity index (χ0) is 19.1. The molecule has 1 heterocycles. The van der Waals surface area contributed by atoms with Crippen LogP contribution in [0, 0.1) is 19.8 Å². The van der Waals surface area contributed by atoms with Gasteiger partial charge in [0, 0.05) is 5.69 Å². The Bertz CT molecular complexity index is 630. The van der Waals surface area contributed by atoms with Crippen LogP contribution in [-0.2, 0) is 4.79 Å². The van der Waals surface area contributed by atoms with Crippen LogP contribution in [0.5, 0.6) is 0 Å². The Morgan fingerprint density at radius 2 is 1.89 bits per heavy atom. The minimum absolute atomic E-state index is 0. The van der Waals surface area contributed by atoms with E-state index in [1.165, 1.54) is 6.42 Å². The lowest BCUT2D eigenvalue weighted by atomic mass is 9.93. The number of likely N-dealkylation sites (tertiary alicyclic amines) is 1. The molecule has 0 aromatic heterocycles. The quantitative estimate of drug-likeness (QED) is 0.690. The highest BCUT2D eigenvalue weighted by Gasteiger charge is 2.27. The van der Waals surface area contributed by atoms with E-state index in [4.69, 9.17) is 0 Å². The lowest BCUT2D eigenvalue weighted by molar-refractivity contribution is -0.125. The van der Waals surface area contributed by atoms with Crippen LogP contribution in [0.15, 0.2) is 18.2 Å². The van der Waals surface area contributed by atoms with E-state index in [1.54, 1.807) is 0 Å². The summed E-state index contributed by atoms with van der Waals surface area (Å²) in [4.78, 5) is 26.7. The molecule has 0 saturated carbocycles. The van der Waals surface area contributed by atoms with E-state index in [1.807, 2.05) is 46.0 Å². The molecule has 152 valence electrons. The molecule has 2 rings (SSSR count). The summed E-state index contributed by atoms with van der Waals surface area (Å²) in [6.45, 7) is 8.66. The number of hydrogen-bond donors (Lipinski definition) is 3. The predicted octanol–water partition coefficient (Wildman–Crippen LogP) is 3.08. The summed E-state index contributed by atoms with van der Waals surface area (Å²) in [6.07, 6.45) is 3.39. The first-order valence-corrected chi connectivity index (χ1v) is 9.48. The number of nitrogens with zero attached hydrogens (tertiary/aromatic N) is 1. The molecule has 0 spiro atoms. The fourth-order valence-corrected chi connectivity index (χ4v) is 3.47. The third-order valence-corrected chi connectivity index (χ3v) is 5.25. The number of piperidine rings is 1. The number of rotatable bonds is 6. The molecular weight excluding hydrogens is 364 g/mol. The average molecular weight is 397 g/mol. The Labute approximate surface area is 168 Å². The van der Waals surface area contributed by atoms with Crippen LogP contribution in [0.4, 0.5) is 10.5 Å². The van der Waals surface area contributed by atoms with E-state index in [0.29, 0.717) is 0 Å². The maximum Gasteiger partial charge on any atom is 0.325 e. The first-order valence-electron chi connectivity index (χ1n) is 9.48. The van der Waals surface area contributed by atoms with Crippen molar-refractivity contribution < 1.29 is 9.59 Å². The molecule has 1 aliphatic heterocycles. The zero-order valence-corrected chi connectivity index (χ0v) is 17.6. The molecule has 0 radical (unpaired) electrons. The van der Waals surface area contributed by atoms with Gasteiger partial charge in [-0.3, -0.25) is 15.0 Å². The molecule has 1 atom stereocenters. The Hall–Kier alpha value is -1.63. The molecule has 3 amide bonds. The van der Waals surface area contributed by atoms with Crippen molar-refractivity contribution >= 4 is 30.0 Å². The topological polar surface area (TPSA) is 73.5 Å². The van der Waals surface area contributed by atoms with Gasteiger partial charge in [-0.25, -0.2) is 4.79 Å². The van der Waals surface area contributed by atoms with Gasteiger partial charge in [0.2, 0.25) is 5.91 Å². The molecule has 27 heavy (non-hydrogen) atoms. The fourth-order valence-electron chi connectivity index (χ4n) is 3.47. The minimum Gasteiger partial charge on any atom is -0.320 e. The van der Waals surface area contributed by atoms with Crippen molar-refractivity contribution in [2.75, 3.05) is 32.0 Å². The number of anilines is 1. The second kappa shape index (κ2) is 11.3. The van der Waals surface area contributed by atoms with Crippen molar-refractivity contribution in [3.63, 3.8) is 0 Å². The van der Waals surface area contributed by atoms with Crippen LogP contribution >= 0.6 is 12.4 Å². The largest absolute Gasteiger partial charge is 0.325 e. The summed E-state index contributed by atoms with van der Waals surface area (Å²) in [5, 5.41) is 8.43. The summed E-state index contributed by atoms with van der Waals surface area (Å²) in [5.74, 6) is 0.475. The van der Waals surface area contributed by atoms with Gasteiger partial charge in [0.1, 0.15) is 0 Å². The number of halogens is 1. The summed E-state index contributed by atoms with van der Waals surface area (Å²) in [6, 6.07) is 5.01. The predicted molar refractivity (Wildman–Crippen MR) is 113 cm³/mol. The molecule has 0 aliphatic carbocycles. The molecule has 1 unspecified atom stereocenters. The van der Waals surface area contributed by atoms with Crippen LogP contribution in [0.3, 0.4) is 0 Å². The second-order valence-corrected chi connectivity index (χ2v) is 7.31. The maximum atomic E-state index is 12.4. The second-order valence-electron chi connectivity index (χ2n) is 7.31. The van der Waals surface area contributed by atoms with E-state index in [2.05, 4.69) is 20.9 Å². The van der Waals surface area contributed by atoms with Crippen molar-refractivity contribution in [2.24, 2.45) is 5.92 Å². The Morgan fingerprint density at radius 1 is 1.22 bits per heavy atom. The number of carbonyl (C=O) groups is 2. The number of amides is 3. The fraction of sp³-hybridized carbons (Fsp3) is 0.600. The highest BCUT2D eigenvalue weighted by atomic mass is 35.5. The molecule has 1 aromatic carbocycles. The molecule has 6 nitrogen and oxygen atoms in total. The number of benzene rings is 1. The Balaban J connectivity index is 0.00000364. The summed E-state index contributed by atoms with van der Waals surface area (Å²) in [5.41, 5.74) is 2.83. The average Bonchev–Trinajstić information content (AvgIpc) is 2.62. The highest BCUT2D eigenvalue weighted by Crippen LogP contribution is 2.21. The van der Waals surface area contributed by atoms with E-state index in [-0.39, 0.29) is 24.4 Å². The van der Waals surface area contributed by atoms with Crippen molar-refractivity contribution in [3.8, 4) is 0 Å². The van der Waals surface area contributed by atoms with E-state index < -0.39 is 6.03 Å². The third kappa shape index (κ3) is 7.13. The van der Waals surface area contributed by atoms with Crippen LogP contribution in [0.1, 0.15) is 37.3 Å². The number of nitrogens with one attached hydrogen (secondary N) is 3. The van der Waals surface area contributed by atoms with Crippen molar-refractivity contribution in [2.45, 2.75) is 46.1 Å². The van der Waals surface area contributed by atoms with E-state index in [9.17, 15) is 9.59 Å². The van der Waals surface area contributed by atoms with Gasteiger partial charge in [0.25, 0.3) is 0 Å². The number of hydrogen-bond acceptors (Lipinski definition) is 4. The van der Waals surface area contributed by atoms with Gasteiger partial charge in [0.05, 0.1) is 6.04 Å². The smallest absolute Gasteiger partial charge is 0.320 e. The molecule has 7 heteroatoms. The lowest BCUT2D eigenvalue weighted by Crippen LogP contribution is -2.50. The summed E-state index contributed by atoms with van der Waals surface area (Å²) < 4.78 is 0. The zero-order valence-electron chi connectivity index (χ0n) is 16.8. The third-order valence-electron chi connectivity index (χ3n) is 5.25. The van der Waals surface area contributed by atoms with E-state index >= 15 is 0 Å². The molecule has 1 saturated heterocycles.